The standard InChI is InChI=1S/C39H41N5O10/c40-38-42-35-26(36(51)43-38)41-17-44(35)24-11-5-4-8-19(24)18-12-15-52-39(13-6-1-7-14-39)34-31(49)30(48)32(50)37(54-34)53-33-22(18)16-23-25(29(33)47)28(46)21-10-3-2-9-20(21)27(23)45/h2-5,8-12,15-16,18,26,30-32,34-35,37-38,41-42,47-50H,1,6-7,13-14,17,40H2,(H,43,51)/b15-12+/t18-,26+,30+,31+,32-,34+,35+,37-,38+/m0/s1. The Morgan fingerprint density at radius 1 is 0.852 bits per heavy atom. The molecule has 1 saturated carbocycles. The van der Waals surface area contributed by atoms with Crippen LogP contribution in [0.2, 0.25) is 0 Å². The highest BCUT2D eigenvalue weighted by molar-refractivity contribution is 6.29. The number of aliphatic hydroxyl groups is 3. The maximum absolute atomic E-state index is 14.1. The summed E-state index contributed by atoms with van der Waals surface area (Å²) in [5.41, 5.74) is 6.52. The van der Waals surface area contributed by atoms with Crippen LogP contribution < -0.4 is 31.3 Å². The number of allylic oxidation sites excluding steroid dienone is 1. The molecule has 2 aliphatic carbocycles. The number of carbonyl (C=O) groups excluding carboxylic acids is 3. The lowest BCUT2D eigenvalue weighted by atomic mass is 9.76. The molecule has 15 heteroatoms. The molecule has 3 aromatic carbocycles. The molecule has 9 rings (SSSR count). The molecule has 0 aromatic heterocycles. The van der Waals surface area contributed by atoms with Crippen LogP contribution >= 0.6 is 0 Å². The van der Waals surface area contributed by atoms with Crippen LogP contribution in [0.15, 0.2) is 66.9 Å². The van der Waals surface area contributed by atoms with E-state index < -0.39 is 78.0 Å². The minimum Gasteiger partial charge on any atom is -0.504 e. The van der Waals surface area contributed by atoms with Crippen LogP contribution in [0.25, 0.3) is 0 Å². The molecule has 0 unspecified atom stereocenters. The average molecular weight is 740 g/mol. The number of hydrogen-bond donors (Lipinski definition) is 8. The van der Waals surface area contributed by atoms with Gasteiger partial charge in [0.25, 0.3) is 0 Å². The fourth-order valence-electron chi connectivity index (χ4n) is 9.06. The van der Waals surface area contributed by atoms with E-state index in [-0.39, 0.29) is 46.1 Å². The number of hydrogen-bond acceptors (Lipinski definition) is 14. The number of benzene rings is 3. The molecule has 4 heterocycles. The fourth-order valence-corrected chi connectivity index (χ4v) is 9.06. The molecule has 4 aliphatic heterocycles. The summed E-state index contributed by atoms with van der Waals surface area (Å²) < 4.78 is 19.3. The first-order valence-electron chi connectivity index (χ1n) is 18.3. The third-order valence-corrected chi connectivity index (χ3v) is 11.7. The molecule has 282 valence electrons. The van der Waals surface area contributed by atoms with E-state index >= 15 is 0 Å². The van der Waals surface area contributed by atoms with Gasteiger partial charge in [0.15, 0.2) is 23.1 Å². The van der Waals surface area contributed by atoms with Gasteiger partial charge in [-0.25, -0.2) is 0 Å². The van der Waals surface area contributed by atoms with E-state index in [1.165, 1.54) is 18.4 Å². The van der Waals surface area contributed by atoms with Crippen molar-refractivity contribution in [3.8, 4) is 11.5 Å². The Labute approximate surface area is 309 Å². The lowest BCUT2D eigenvalue weighted by molar-refractivity contribution is -0.308. The van der Waals surface area contributed by atoms with Gasteiger partial charge in [0, 0.05) is 33.9 Å². The maximum Gasteiger partial charge on any atom is 0.242 e. The SMILES string of the molecule is N[C@H]1NC(=O)[C@@H]2NCN(c3ccccc3[C@@H]3/C=C/OC4(CCCCC4)[C@@H]4O[C@H](Oc5c3cc3c(c5O)C(=O)c5ccccc5C3=O)[C@@H](O)[C@H](O)[C@H]4O)[C@H]2N1. The Kier molecular flexibility index (Phi) is 8.50. The molecule has 4 fully saturated rings. The molecule has 1 amide bonds. The quantitative estimate of drug-likeness (QED) is 0.142. The number of aromatic hydroxyl groups is 1. The van der Waals surface area contributed by atoms with E-state index in [0.717, 1.165) is 19.3 Å². The largest absolute Gasteiger partial charge is 0.504 e. The highest BCUT2D eigenvalue weighted by Gasteiger charge is 2.56. The summed E-state index contributed by atoms with van der Waals surface area (Å²) in [6.07, 6.45) is -2.53. The van der Waals surface area contributed by atoms with Crippen molar-refractivity contribution in [2.45, 2.75) is 92.8 Å². The van der Waals surface area contributed by atoms with E-state index in [4.69, 9.17) is 19.9 Å². The smallest absolute Gasteiger partial charge is 0.242 e. The van der Waals surface area contributed by atoms with Crippen molar-refractivity contribution in [3.63, 3.8) is 0 Å². The first-order valence-corrected chi connectivity index (χ1v) is 18.3. The predicted molar refractivity (Wildman–Crippen MR) is 190 cm³/mol. The molecule has 9 atom stereocenters. The molecule has 15 nitrogen and oxygen atoms in total. The van der Waals surface area contributed by atoms with Gasteiger partial charge in [0.2, 0.25) is 12.2 Å². The highest BCUT2D eigenvalue weighted by Crippen LogP contribution is 2.50. The molecule has 54 heavy (non-hydrogen) atoms. The van der Waals surface area contributed by atoms with Gasteiger partial charge in [-0.15, -0.1) is 0 Å². The molecule has 9 N–H and O–H groups in total. The van der Waals surface area contributed by atoms with Gasteiger partial charge in [-0.1, -0.05) is 48.9 Å². The minimum absolute atomic E-state index is 0.0492. The molecule has 6 aliphatic rings. The number of fused-ring (bicyclic) bond motifs is 7. The Hall–Kier alpha value is -4.87. The number of phenols is 1. The number of phenolic OH excluding ortho intramolecular Hbond substituents is 1. The van der Waals surface area contributed by atoms with Gasteiger partial charge in [-0.05, 0) is 49.5 Å². The molecule has 3 aromatic rings. The van der Waals surface area contributed by atoms with Crippen LogP contribution in [0.1, 0.15) is 81.0 Å². The number of rotatable bonds is 2. The van der Waals surface area contributed by atoms with Crippen LogP contribution in [-0.4, -0.2) is 99.4 Å². The lowest BCUT2D eigenvalue weighted by Crippen LogP contribution is -2.70. The molecule has 0 radical (unpaired) electrons. The van der Waals surface area contributed by atoms with E-state index in [9.17, 15) is 34.8 Å². The molecular formula is C39H41N5O10. The Morgan fingerprint density at radius 2 is 1.57 bits per heavy atom. The van der Waals surface area contributed by atoms with E-state index in [0.29, 0.717) is 24.1 Å². The van der Waals surface area contributed by atoms with Crippen molar-refractivity contribution in [2.24, 2.45) is 5.73 Å². The molecular weight excluding hydrogens is 698 g/mol. The third-order valence-electron chi connectivity index (χ3n) is 11.7. The number of amides is 1. The van der Waals surface area contributed by atoms with Gasteiger partial charge in [0.1, 0.15) is 48.5 Å². The summed E-state index contributed by atoms with van der Waals surface area (Å²) >= 11 is 0. The summed E-state index contributed by atoms with van der Waals surface area (Å²) in [7, 11) is 0. The molecule has 1 spiro atoms. The number of ether oxygens (including phenoxy) is 3. The second-order valence-corrected chi connectivity index (χ2v) is 14.8. The van der Waals surface area contributed by atoms with Crippen molar-refractivity contribution in [1.29, 1.82) is 0 Å². The zero-order valence-corrected chi connectivity index (χ0v) is 29.1. The van der Waals surface area contributed by atoms with Crippen molar-refractivity contribution >= 4 is 23.2 Å². The van der Waals surface area contributed by atoms with Crippen molar-refractivity contribution in [1.82, 2.24) is 16.0 Å². The third kappa shape index (κ3) is 5.33. The first-order chi connectivity index (χ1) is 26.1. The molecule has 3 saturated heterocycles. The van der Waals surface area contributed by atoms with E-state index in [2.05, 4.69) is 16.0 Å². The second kappa shape index (κ2) is 13.2. The van der Waals surface area contributed by atoms with Gasteiger partial charge >= 0.3 is 0 Å². The topological polar surface area (TPSA) is 225 Å². The zero-order chi connectivity index (χ0) is 37.5. The number of anilines is 1. The van der Waals surface area contributed by atoms with Crippen LogP contribution in [0, 0.1) is 0 Å². The number of nitrogens with one attached hydrogen (secondary N) is 3. The summed E-state index contributed by atoms with van der Waals surface area (Å²) in [4.78, 5) is 43.0. The van der Waals surface area contributed by atoms with Gasteiger partial charge in [0.05, 0.1) is 18.5 Å². The lowest BCUT2D eigenvalue weighted by Gasteiger charge is -2.49. The van der Waals surface area contributed by atoms with Crippen LogP contribution in [-0.2, 0) is 14.3 Å². The summed E-state index contributed by atoms with van der Waals surface area (Å²) in [6, 6.07) is 14.6. The highest BCUT2D eigenvalue weighted by atomic mass is 16.7. The predicted octanol–water partition coefficient (Wildman–Crippen LogP) is 0.756. The Bertz CT molecular complexity index is 2070. The van der Waals surface area contributed by atoms with Gasteiger partial charge in [-0.2, -0.15) is 0 Å². The van der Waals surface area contributed by atoms with Crippen molar-refractivity contribution < 1.29 is 49.0 Å². The summed E-state index contributed by atoms with van der Waals surface area (Å²) in [5.74, 6) is -3.11. The normalized spacial score (nSPS) is 33.2. The average Bonchev–Trinajstić information content (AvgIpc) is 3.60. The number of nitrogens with zero attached hydrogens (tertiary/aromatic N) is 1. The number of ketones is 2. The maximum atomic E-state index is 14.1. The van der Waals surface area contributed by atoms with Gasteiger partial charge < -0.3 is 44.9 Å². The number of aliphatic hydroxyl groups excluding tert-OH is 3. The second-order valence-electron chi connectivity index (χ2n) is 14.8. The summed E-state index contributed by atoms with van der Waals surface area (Å²) in [5, 5.41) is 55.1. The number of nitrogens with two attached hydrogens (primary N) is 1. The number of carbonyl (C=O) groups is 3. The minimum atomic E-state index is -1.78. The Balaban J connectivity index is 1.26. The van der Waals surface area contributed by atoms with E-state index in [1.54, 1.807) is 24.3 Å². The zero-order valence-electron chi connectivity index (χ0n) is 29.1. The van der Waals surface area contributed by atoms with Crippen LogP contribution in [0.3, 0.4) is 0 Å². The van der Waals surface area contributed by atoms with Crippen molar-refractivity contribution in [3.05, 3.63) is 100 Å². The summed E-state index contributed by atoms with van der Waals surface area (Å²) in [6.45, 7) is 0.262. The van der Waals surface area contributed by atoms with Crippen molar-refractivity contribution in [2.75, 3.05) is 11.6 Å². The van der Waals surface area contributed by atoms with Crippen LogP contribution in [0.4, 0.5) is 5.69 Å². The van der Waals surface area contributed by atoms with E-state index in [1.807, 2.05) is 29.2 Å². The fraction of sp³-hybridized carbons (Fsp3) is 0.410. The van der Waals surface area contributed by atoms with Gasteiger partial charge in [-0.3, -0.25) is 30.8 Å². The molecule has 2 bridgehead atoms. The monoisotopic (exact) mass is 739 g/mol. The Morgan fingerprint density at radius 3 is 2.35 bits per heavy atom. The first kappa shape index (κ1) is 34.9. The number of para-hydroxylation sites is 1. The van der Waals surface area contributed by atoms with Crippen LogP contribution in [0.5, 0.6) is 11.5 Å².